The zero-order valence-electron chi connectivity index (χ0n) is 19.0. The van der Waals surface area contributed by atoms with Crippen LogP contribution in [0.2, 0.25) is 0 Å². The number of nitrogens with one attached hydrogen (secondary N) is 3. The Labute approximate surface area is 190 Å². The third kappa shape index (κ3) is 8.78. The number of H-pyrrole nitrogens is 2. The smallest absolute Gasteiger partial charge is 0.276 e. The molecule has 1 aromatic carbocycles. The topological polar surface area (TPSA) is 132 Å². The highest BCUT2D eigenvalue weighted by molar-refractivity contribution is 7.87. The lowest BCUT2D eigenvalue weighted by atomic mass is 10.0. The number of rotatable bonds is 16. The molecule has 2 aromatic rings. The summed E-state index contributed by atoms with van der Waals surface area (Å²) in [6.07, 6.45) is 13.8. The van der Waals surface area contributed by atoms with E-state index in [4.69, 9.17) is 0 Å². The summed E-state index contributed by atoms with van der Waals surface area (Å²) in [6, 6.07) is 4.60. The lowest BCUT2D eigenvalue weighted by Gasteiger charge is -2.14. The van der Waals surface area contributed by atoms with Crippen molar-refractivity contribution >= 4 is 32.6 Å². The SMILES string of the molecule is CCCCCCCCCCCCCC[C@H](C(=O)Nc1ccc2c(=O)[nH][nH]c2c1)S(=O)(=O)O. The van der Waals surface area contributed by atoms with Gasteiger partial charge in [0, 0.05) is 5.69 Å². The lowest BCUT2D eigenvalue weighted by Crippen LogP contribution is -2.34. The van der Waals surface area contributed by atoms with Crippen LogP contribution in [0, 0.1) is 0 Å². The molecule has 180 valence electrons. The summed E-state index contributed by atoms with van der Waals surface area (Å²) in [5.41, 5.74) is 0.568. The number of unbranched alkanes of at least 4 members (excludes halogenated alkanes) is 11. The molecule has 0 aliphatic rings. The number of fused-ring (bicyclic) bond motifs is 1. The van der Waals surface area contributed by atoms with E-state index in [1.165, 1.54) is 69.6 Å². The Kier molecular flexibility index (Phi) is 11.0. The van der Waals surface area contributed by atoms with Crippen molar-refractivity contribution in [3.8, 4) is 0 Å². The fourth-order valence-electron chi connectivity index (χ4n) is 3.92. The van der Waals surface area contributed by atoms with Gasteiger partial charge < -0.3 is 5.32 Å². The van der Waals surface area contributed by atoms with Gasteiger partial charge in [-0.3, -0.25) is 24.3 Å². The average Bonchev–Trinajstić information content (AvgIpc) is 3.10. The Morgan fingerprint density at radius 1 is 0.938 bits per heavy atom. The van der Waals surface area contributed by atoms with Gasteiger partial charge in [-0.05, 0) is 24.6 Å². The molecular weight excluding hydrogens is 430 g/mol. The number of hydrogen-bond acceptors (Lipinski definition) is 4. The van der Waals surface area contributed by atoms with E-state index in [9.17, 15) is 22.6 Å². The van der Waals surface area contributed by atoms with Crippen LogP contribution in [0.5, 0.6) is 0 Å². The van der Waals surface area contributed by atoms with Gasteiger partial charge in [-0.15, -0.1) is 0 Å². The Hall–Kier alpha value is -2.13. The van der Waals surface area contributed by atoms with Crippen molar-refractivity contribution in [2.75, 3.05) is 5.32 Å². The zero-order valence-corrected chi connectivity index (χ0v) is 19.8. The van der Waals surface area contributed by atoms with Crippen LogP contribution in [0.15, 0.2) is 23.0 Å². The quantitative estimate of drug-likeness (QED) is 0.200. The van der Waals surface area contributed by atoms with Crippen molar-refractivity contribution in [1.29, 1.82) is 0 Å². The second-order valence-corrected chi connectivity index (χ2v) is 10.1. The predicted octanol–water partition coefficient (Wildman–Crippen LogP) is 5.14. The third-order valence-corrected chi connectivity index (χ3v) is 6.98. The predicted molar refractivity (Wildman–Crippen MR) is 129 cm³/mol. The number of hydrogen-bond donors (Lipinski definition) is 4. The fourth-order valence-corrected chi connectivity index (χ4v) is 4.72. The summed E-state index contributed by atoms with van der Waals surface area (Å²) >= 11 is 0. The number of carbonyl (C=O) groups is 1. The molecule has 0 radical (unpaired) electrons. The standard InChI is InChI=1S/C23H37N3O5S/c1-2-3-4-5-6-7-8-9-10-11-12-13-14-21(32(29,30)31)23(28)24-18-15-16-19-20(17-18)25-26-22(19)27/h15-17,21H,2-14H2,1H3,(H,24,28)(H2,25,26,27)(H,29,30,31)/t21-/m1/s1. The van der Waals surface area contributed by atoms with E-state index in [1.54, 1.807) is 0 Å². The van der Waals surface area contributed by atoms with Gasteiger partial charge in [0.1, 0.15) is 0 Å². The van der Waals surface area contributed by atoms with Gasteiger partial charge >= 0.3 is 0 Å². The maximum absolute atomic E-state index is 12.5. The number of aromatic amines is 2. The monoisotopic (exact) mass is 467 g/mol. The van der Waals surface area contributed by atoms with Crippen LogP contribution in [0.3, 0.4) is 0 Å². The van der Waals surface area contributed by atoms with Crippen molar-refractivity contribution in [3.63, 3.8) is 0 Å². The van der Waals surface area contributed by atoms with E-state index in [0.717, 1.165) is 19.3 Å². The minimum Gasteiger partial charge on any atom is -0.325 e. The van der Waals surface area contributed by atoms with Crippen molar-refractivity contribution in [1.82, 2.24) is 10.2 Å². The first-order valence-corrected chi connectivity index (χ1v) is 13.3. The Morgan fingerprint density at radius 2 is 1.50 bits per heavy atom. The molecule has 2 rings (SSSR count). The van der Waals surface area contributed by atoms with Crippen molar-refractivity contribution in [2.24, 2.45) is 0 Å². The molecule has 0 unspecified atom stereocenters. The van der Waals surface area contributed by atoms with Crippen molar-refractivity contribution in [2.45, 2.75) is 95.6 Å². The summed E-state index contributed by atoms with van der Waals surface area (Å²) in [4.78, 5) is 24.1. The second-order valence-electron chi connectivity index (χ2n) is 8.51. The van der Waals surface area contributed by atoms with Crippen LogP contribution in [0.4, 0.5) is 5.69 Å². The average molecular weight is 468 g/mol. The molecule has 0 aliphatic heterocycles. The minimum absolute atomic E-state index is 0.0747. The van der Waals surface area contributed by atoms with E-state index in [0.29, 0.717) is 23.0 Å². The molecule has 8 nitrogen and oxygen atoms in total. The molecule has 0 aliphatic carbocycles. The van der Waals surface area contributed by atoms with Gasteiger partial charge in [0.15, 0.2) is 5.25 Å². The molecule has 1 amide bonds. The van der Waals surface area contributed by atoms with E-state index in [-0.39, 0.29) is 12.0 Å². The van der Waals surface area contributed by atoms with Gasteiger partial charge in [0.05, 0.1) is 10.9 Å². The molecule has 32 heavy (non-hydrogen) atoms. The highest BCUT2D eigenvalue weighted by atomic mass is 32.2. The van der Waals surface area contributed by atoms with Gasteiger partial charge in [0.25, 0.3) is 15.7 Å². The van der Waals surface area contributed by atoms with E-state index in [1.807, 2.05) is 0 Å². The van der Waals surface area contributed by atoms with Gasteiger partial charge in [-0.1, -0.05) is 84.0 Å². The van der Waals surface area contributed by atoms with Crippen LogP contribution < -0.4 is 10.9 Å². The summed E-state index contributed by atoms with van der Waals surface area (Å²) in [6.45, 7) is 2.22. The Bertz CT molecular complexity index is 996. The van der Waals surface area contributed by atoms with E-state index in [2.05, 4.69) is 22.4 Å². The lowest BCUT2D eigenvalue weighted by molar-refractivity contribution is -0.116. The maximum atomic E-state index is 12.5. The molecule has 0 spiro atoms. The fraction of sp³-hybridized carbons (Fsp3) is 0.652. The summed E-state index contributed by atoms with van der Waals surface area (Å²) in [5.74, 6) is -0.771. The second kappa shape index (κ2) is 13.4. The normalized spacial score (nSPS) is 12.8. The van der Waals surface area contributed by atoms with Crippen LogP contribution in [0.25, 0.3) is 10.9 Å². The molecular formula is C23H37N3O5S. The first kappa shape index (κ1) is 26.1. The summed E-state index contributed by atoms with van der Waals surface area (Å²) in [5, 5.41) is 6.58. The summed E-state index contributed by atoms with van der Waals surface area (Å²) in [7, 11) is -4.51. The van der Waals surface area contributed by atoms with Gasteiger partial charge in [-0.2, -0.15) is 8.42 Å². The van der Waals surface area contributed by atoms with E-state index < -0.39 is 21.3 Å². The molecule has 1 aromatic heterocycles. The van der Waals surface area contributed by atoms with Crippen LogP contribution in [-0.2, 0) is 14.9 Å². The molecule has 0 fully saturated rings. The van der Waals surface area contributed by atoms with Crippen LogP contribution in [-0.4, -0.2) is 34.3 Å². The molecule has 1 heterocycles. The largest absolute Gasteiger partial charge is 0.325 e. The molecule has 0 saturated heterocycles. The maximum Gasteiger partial charge on any atom is 0.276 e. The number of anilines is 1. The van der Waals surface area contributed by atoms with Crippen molar-refractivity contribution < 1.29 is 17.8 Å². The minimum atomic E-state index is -4.51. The molecule has 1 atom stereocenters. The van der Waals surface area contributed by atoms with Gasteiger partial charge in [-0.25, -0.2) is 0 Å². The van der Waals surface area contributed by atoms with Crippen LogP contribution in [0.1, 0.15) is 90.4 Å². The highest BCUT2D eigenvalue weighted by Crippen LogP contribution is 2.18. The molecule has 0 bridgehead atoms. The molecule has 9 heteroatoms. The Balaban J connectivity index is 1.70. The number of benzene rings is 1. The van der Waals surface area contributed by atoms with Crippen molar-refractivity contribution in [3.05, 3.63) is 28.6 Å². The molecule has 0 saturated carbocycles. The Morgan fingerprint density at radius 3 is 2.06 bits per heavy atom. The summed E-state index contributed by atoms with van der Waals surface area (Å²) < 4.78 is 33.0. The zero-order chi connectivity index (χ0) is 23.4. The number of amides is 1. The number of aromatic nitrogens is 2. The van der Waals surface area contributed by atoms with Crippen LogP contribution >= 0.6 is 0 Å². The third-order valence-electron chi connectivity index (χ3n) is 5.81. The molecule has 4 N–H and O–H groups in total. The first-order valence-electron chi connectivity index (χ1n) is 11.8. The van der Waals surface area contributed by atoms with E-state index >= 15 is 0 Å². The number of carbonyl (C=O) groups excluding carboxylic acids is 1. The highest BCUT2D eigenvalue weighted by Gasteiger charge is 2.30. The van der Waals surface area contributed by atoms with Gasteiger partial charge in [0.2, 0.25) is 5.91 Å². The first-order chi connectivity index (χ1) is 15.3.